The Morgan fingerprint density at radius 3 is 2.73 bits per heavy atom. The Morgan fingerprint density at radius 1 is 1.31 bits per heavy atom. The summed E-state index contributed by atoms with van der Waals surface area (Å²) in [6.45, 7) is 1.51. The third kappa shape index (κ3) is 3.64. The molecule has 2 aromatic carbocycles. The van der Waals surface area contributed by atoms with Crippen LogP contribution in [0.4, 0.5) is 10.8 Å². The van der Waals surface area contributed by atoms with Gasteiger partial charge in [0.2, 0.25) is 0 Å². The fourth-order valence-corrected chi connectivity index (χ4v) is 3.76. The van der Waals surface area contributed by atoms with Crippen molar-refractivity contribution in [3.05, 3.63) is 62.7 Å². The van der Waals surface area contributed by atoms with Crippen LogP contribution in [0.3, 0.4) is 0 Å². The number of carbonyl (C=O) groups is 1. The van der Waals surface area contributed by atoms with Gasteiger partial charge in [0.05, 0.1) is 14.6 Å². The first kappa shape index (κ1) is 18.2. The molecule has 10 heteroatoms. The van der Waals surface area contributed by atoms with Crippen LogP contribution >= 0.6 is 35.2 Å². The van der Waals surface area contributed by atoms with Gasteiger partial charge in [0.1, 0.15) is 5.52 Å². The number of nitrogens with one attached hydrogen (secondary N) is 2. The molecule has 1 aromatic heterocycles. The van der Waals surface area contributed by atoms with Crippen LogP contribution in [0, 0.1) is 17.0 Å². The van der Waals surface area contributed by atoms with Crippen molar-refractivity contribution in [1.29, 1.82) is 0 Å². The van der Waals surface area contributed by atoms with Crippen LogP contribution in [0.5, 0.6) is 0 Å². The molecule has 0 aliphatic heterocycles. The largest absolute Gasteiger partial charge is 0.308 e. The molecule has 0 aliphatic rings. The highest BCUT2D eigenvalue weighted by Gasteiger charge is 2.19. The SMILES string of the molecule is Cc1c(C(=O)NC(=S)Nc2nc3c(Cl)cccc3s2)cccc1[N+](=O)[O-]. The molecule has 26 heavy (non-hydrogen) atoms. The Labute approximate surface area is 162 Å². The van der Waals surface area contributed by atoms with Crippen LogP contribution in [-0.2, 0) is 0 Å². The van der Waals surface area contributed by atoms with E-state index >= 15 is 0 Å². The number of nitro benzene ring substituents is 1. The second kappa shape index (κ2) is 7.32. The van der Waals surface area contributed by atoms with Crippen LogP contribution in [0.2, 0.25) is 5.02 Å². The zero-order chi connectivity index (χ0) is 18.8. The number of hydrogen-bond acceptors (Lipinski definition) is 6. The summed E-state index contributed by atoms with van der Waals surface area (Å²) in [7, 11) is 0. The van der Waals surface area contributed by atoms with E-state index in [1.54, 1.807) is 6.07 Å². The molecule has 7 nitrogen and oxygen atoms in total. The fourth-order valence-electron chi connectivity index (χ4n) is 2.33. The number of thiazole rings is 1. The molecule has 0 bridgehead atoms. The fraction of sp³-hybridized carbons (Fsp3) is 0.0625. The van der Waals surface area contributed by atoms with E-state index in [1.165, 1.54) is 36.5 Å². The van der Waals surface area contributed by atoms with Crippen molar-refractivity contribution >= 4 is 67.2 Å². The first-order chi connectivity index (χ1) is 12.4. The van der Waals surface area contributed by atoms with Crippen molar-refractivity contribution in [3.8, 4) is 0 Å². The smallest absolute Gasteiger partial charge is 0.273 e. The number of fused-ring (bicyclic) bond motifs is 1. The first-order valence-corrected chi connectivity index (χ1v) is 8.88. The predicted molar refractivity (Wildman–Crippen MR) is 106 cm³/mol. The highest BCUT2D eigenvalue weighted by molar-refractivity contribution is 7.80. The topological polar surface area (TPSA) is 97.2 Å². The molecule has 0 radical (unpaired) electrons. The molecular formula is C16H11ClN4O3S2. The average Bonchev–Trinajstić information content (AvgIpc) is 2.98. The van der Waals surface area contributed by atoms with E-state index in [-0.39, 0.29) is 21.9 Å². The number of halogens is 1. The van der Waals surface area contributed by atoms with Crippen molar-refractivity contribution in [1.82, 2.24) is 10.3 Å². The van der Waals surface area contributed by atoms with Crippen molar-refractivity contribution in [2.75, 3.05) is 5.32 Å². The van der Waals surface area contributed by atoms with Crippen LogP contribution in [0.1, 0.15) is 15.9 Å². The van der Waals surface area contributed by atoms with Gasteiger partial charge in [-0.1, -0.05) is 35.1 Å². The van der Waals surface area contributed by atoms with Gasteiger partial charge in [0.25, 0.3) is 11.6 Å². The number of anilines is 1. The van der Waals surface area contributed by atoms with Gasteiger partial charge >= 0.3 is 0 Å². The lowest BCUT2D eigenvalue weighted by Crippen LogP contribution is -2.34. The van der Waals surface area contributed by atoms with Crippen LogP contribution in [0.15, 0.2) is 36.4 Å². The van der Waals surface area contributed by atoms with Crippen molar-refractivity contribution < 1.29 is 9.72 Å². The maximum Gasteiger partial charge on any atom is 0.273 e. The molecule has 1 heterocycles. The van der Waals surface area contributed by atoms with Gasteiger partial charge in [-0.05, 0) is 37.3 Å². The number of para-hydroxylation sites is 1. The Morgan fingerprint density at radius 2 is 2.04 bits per heavy atom. The molecule has 2 N–H and O–H groups in total. The molecule has 0 unspecified atom stereocenters. The van der Waals surface area contributed by atoms with Gasteiger partial charge in [-0.2, -0.15) is 0 Å². The van der Waals surface area contributed by atoms with Crippen molar-refractivity contribution in [3.63, 3.8) is 0 Å². The maximum absolute atomic E-state index is 12.4. The highest BCUT2D eigenvalue weighted by Crippen LogP contribution is 2.30. The van der Waals surface area contributed by atoms with Crippen LogP contribution in [0.25, 0.3) is 10.2 Å². The number of nitro groups is 1. The third-order valence-electron chi connectivity index (χ3n) is 3.56. The lowest BCUT2D eigenvalue weighted by Gasteiger charge is -2.09. The van der Waals surface area contributed by atoms with Crippen molar-refractivity contribution in [2.24, 2.45) is 0 Å². The summed E-state index contributed by atoms with van der Waals surface area (Å²) in [5.41, 5.74) is 0.961. The summed E-state index contributed by atoms with van der Waals surface area (Å²) < 4.78 is 0.878. The van der Waals surface area contributed by atoms with Crippen LogP contribution < -0.4 is 10.6 Å². The highest BCUT2D eigenvalue weighted by atomic mass is 35.5. The number of aromatic nitrogens is 1. The molecule has 3 aromatic rings. The normalized spacial score (nSPS) is 10.5. The van der Waals surface area contributed by atoms with Crippen LogP contribution in [-0.4, -0.2) is 20.9 Å². The number of nitrogens with zero attached hydrogens (tertiary/aromatic N) is 2. The summed E-state index contributed by atoms with van der Waals surface area (Å²) in [4.78, 5) is 27.2. The monoisotopic (exact) mass is 406 g/mol. The van der Waals surface area contributed by atoms with E-state index in [9.17, 15) is 14.9 Å². The van der Waals surface area contributed by atoms with Gasteiger partial charge in [-0.25, -0.2) is 4.98 Å². The summed E-state index contributed by atoms with van der Waals surface area (Å²) in [5.74, 6) is -0.539. The quantitative estimate of drug-likeness (QED) is 0.382. The number of hydrogen-bond donors (Lipinski definition) is 2. The van der Waals surface area contributed by atoms with E-state index in [2.05, 4.69) is 15.6 Å². The van der Waals surface area contributed by atoms with E-state index in [4.69, 9.17) is 23.8 Å². The predicted octanol–water partition coefficient (Wildman–Crippen LogP) is 4.29. The number of thiocarbonyl (C=S) groups is 1. The number of rotatable bonds is 3. The molecule has 0 spiro atoms. The van der Waals surface area contributed by atoms with E-state index in [0.717, 1.165) is 4.70 Å². The molecule has 0 aliphatic carbocycles. The van der Waals surface area contributed by atoms with Gasteiger partial charge < -0.3 is 5.32 Å². The standard InChI is InChI=1S/C16H11ClN4O3S2/c1-8-9(4-2-6-11(8)21(23)24)14(22)19-15(25)20-16-18-13-10(17)5-3-7-12(13)26-16/h2-7H,1H3,(H2,18,19,20,22,25). The van der Waals surface area contributed by atoms with Gasteiger partial charge in [0.15, 0.2) is 10.2 Å². The Bertz CT molecular complexity index is 1050. The van der Waals surface area contributed by atoms with E-state index in [0.29, 0.717) is 15.7 Å². The third-order valence-corrected chi connectivity index (χ3v) is 5.01. The lowest BCUT2D eigenvalue weighted by atomic mass is 10.1. The minimum Gasteiger partial charge on any atom is -0.308 e. The van der Waals surface area contributed by atoms with E-state index in [1.807, 2.05) is 12.1 Å². The lowest BCUT2D eigenvalue weighted by molar-refractivity contribution is -0.385. The molecule has 3 rings (SSSR count). The zero-order valence-corrected chi connectivity index (χ0v) is 15.7. The Hall–Kier alpha value is -2.62. The number of carbonyl (C=O) groups excluding carboxylic acids is 1. The maximum atomic E-state index is 12.4. The summed E-state index contributed by atoms with van der Waals surface area (Å²) in [6, 6.07) is 9.71. The van der Waals surface area contributed by atoms with Crippen molar-refractivity contribution in [2.45, 2.75) is 6.92 Å². The minimum atomic E-state index is -0.539. The van der Waals surface area contributed by atoms with Gasteiger partial charge in [-0.3, -0.25) is 20.2 Å². The molecular weight excluding hydrogens is 396 g/mol. The molecule has 1 amide bonds. The molecule has 0 saturated carbocycles. The summed E-state index contributed by atoms with van der Waals surface area (Å²) in [5, 5.41) is 17.4. The summed E-state index contributed by atoms with van der Waals surface area (Å²) in [6.07, 6.45) is 0. The average molecular weight is 407 g/mol. The first-order valence-electron chi connectivity index (χ1n) is 7.28. The Balaban J connectivity index is 1.75. The van der Waals surface area contributed by atoms with Gasteiger partial charge in [0, 0.05) is 17.2 Å². The molecule has 0 atom stereocenters. The second-order valence-electron chi connectivity index (χ2n) is 5.22. The zero-order valence-electron chi connectivity index (χ0n) is 13.3. The van der Waals surface area contributed by atoms with E-state index < -0.39 is 10.8 Å². The molecule has 132 valence electrons. The van der Waals surface area contributed by atoms with Gasteiger partial charge in [-0.15, -0.1) is 0 Å². The summed E-state index contributed by atoms with van der Waals surface area (Å²) >= 11 is 12.6. The minimum absolute atomic E-state index is 0.0380. The molecule has 0 fully saturated rings. The Kier molecular flexibility index (Phi) is 5.12. The molecule has 0 saturated heterocycles. The number of amides is 1. The second-order valence-corrected chi connectivity index (χ2v) is 7.07. The number of benzene rings is 2.